The number of hydrogen-bond acceptors (Lipinski definition) is 6. The van der Waals surface area contributed by atoms with Crippen molar-refractivity contribution in [3.63, 3.8) is 0 Å². The van der Waals surface area contributed by atoms with E-state index >= 15 is 0 Å². The van der Waals surface area contributed by atoms with Crippen LogP contribution in [0.25, 0.3) is 11.3 Å². The number of rotatable bonds is 6. The molecule has 0 atom stereocenters. The Kier molecular flexibility index (Phi) is 4.75. The normalized spacial score (nSPS) is 10.8. The molecular weight excluding hydrogens is 338 g/mol. The Morgan fingerprint density at radius 1 is 1.15 bits per heavy atom. The number of nitro groups is 1. The maximum atomic E-state index is 10.9. The molecule has 0 saturated heterocycles. The summed E-state index contributed by atoms with van der Waals surface area (Å²) in [6.07, 6.45) is 1.42. The Bertz CT molecular complexity index is 994. The van der Waals surface area contributed by atoms with Gasteiger partial charge in [-0.3, -0.25) is 15.5 Å². The van der Waals surface area contributed by atoms with Crippen LogP contribution < -0.4 is 5.43 Å². The van der Waals surface area contributed by atoms with Crippen molar-refractivity contribution >= 4 is 23.6 Å². The van der Waals surface area contributed by atoms with E-state index in [0.29, 0.717) is 22.8 Å². The van der Waals surface area contributed by atoms with Gasteiger partial charge in [0.15, 0.2) is 0 Å². The van der Waals surface area contributed by atoms with Crippen LogP contribution in [-0.2, 0) is 0 Å². The smallest absolute Gasteiger partial charge is 0.335 e. The van der Waals surface area contributed by atoms with E-state index < -0.39 is 10.9 Å². The number of benzene rings is 2. The molecule has 0 radical (unpaired) electrons. The van der Waals surface area contributed by atoms with E-state index in [2.05, 4.69) is 10.5 Å². The number of furan rings is 1. The molecule has 0 spiro atoms. The Morgan fingerprint density at radius 2 is 1.96 bits per heavy atom. The van der Waals surface area contributed by atoms with Crippen LogP contribution in [0.5, 0.6) is 0 Å². The summed E-state index contributed by atoms with van der Waals surface area (Å²) in [7, 11) is 0. The maximum absolute atomic E-state index is 10.9. The number of nitro benzene ring substituents is 1. The molecule has 8 heteroatoms. The number of nitrogens with zero attached hydrogens (tertiary/aromatic N) is 2. The SMILES string of the molecule is O=C(O)c1cccc(N/N=C/c2ccc(-c3cccc([N+](=O)[O-])c3)o2)c1. The van der Waals surface area contributed by atoms with Crippen LogP contribution in [0.15, 0.2) is 70.2 Å². The molecule has 0 aliphatic heterocycles. The van der Waals surface area contributed by atoms with Gasteiger partial charge in [0.1, 0.15) is 11.5 Å². The quantitative estimate of drug-likeness (QED) is 0.394. The Hall–Kier alpha value is -3.94. The van der Waals surface area contributed by atoms with Crippen molar-refractivity contribution in [3.05, 3.63) is 82.1 Å². The molecule has 3 aromatic rings. The third-order valence-electron chi connectivity index (χ3n) is 3.46. The molecule has 1 aromatic heterocycles. The highest BCUT2D eigenvalue weighted by molar-refractivity contribution is 5.88. The van der Waals surface area contributed by atoms with E-state index in [1.54, 1.807) is 36.4 Å². The molecule has 1 heterocycles. The zero-order chi connectivity index (χ0) is 18.5. The fourth-order valence-corrected chi connectivity index (χ4v) is 2.24. The van der Waals surface area contributed by atoms with E-state index in [0.717, 1.165) is 0 Å². The number of anilines is 1. The zero-order valence-electron chi connectivity index (χ0n) is 13.3. The topological polar surface area (TPSA) is 118 Å². The lowest BCUT2D eigenvalue weighted by atomic mass is 10.1. The minimum atomic E-state index is -1.02. The summed E-state index contributed by atoms with van der Waals surface area (Å²) in [6, 6.07) is 15.7. The Labute approximate surface area is 147 Å². The fourth-order valence-electron chi connectivity index (χ4n) is 2.24. The van der Waals surface area contributed by atoms with Gasteiger partial charge >= 0.3 is 5.97 Å². The molecule has 0 unspecified atom stereocenters. The number of hydrazone groups is 1. The summed E-state index contributed by atoms with van der Waals surface area (Å²) in [5.74, 6) is -0.110. The fraction of sp³-hybridized carbons (Fsp3) is 0. The minimum Gasteiger partial charge on any atom is -0.478 e. The minimum absolute atomic E-state index is 0.0194. The second-order valence-corrected chi connectivity index (χ2v) is 5.27. The summed E-state index contributed by atoms with van der Waals surface area (Å²) in [5, 5.41) is 23.8. The van der Waals surface area contributed by atoms with E-state index in [4.69, 9.17) is 9.52 Å². The number of carbonyl (C=O) groups is 1. The van der Waals surface area contributed by atoms with E-state index in [-0.39, 0.29) is 11.3 Å². The van der Waals surface area contributed by atoms with Crippen LogP contribution in [0.3, 0.4) is 0 Å². The van der Waals surface area contributed by atoms with E-state index in [1.807, 2.05) is 0 Å². The van der Waals surface area contributed by atoms with Gasteiger partial charge in [-0.1, -0.05) is 18.2 Å². The van der Waals surface area contributed by atoms with E-state index in [1.165, 1.54) is 30.5 Å². The molecule has 26 heavy (non-hydrogen) atoms. The molecule has 0 aliphatic carbocycles. The summed E-state index contributed by atoms with van der Waals surface area (Å²) < 4.78 is 5.60. The van der Waals surface area contributed by atoms with Gasteiger partial charge in [-0.2, -0.15) is 5.10 Å². The molecule has 0 fully saturated rings. The lowest BCUT2D eigenvalue weighted by molar-refractivity contribution is -0.384. The van der Waals surface area contributed by atoms with Crippen molar-refractivity contribution in [2.45, 2.75) is 0 Å². The highest BCUT2D eigenvalue weighted by Crippen LogP contribution is 2.25. The average Bonchev–Trinajstić information content (AvgIpc) is 3.11. The largest absolute Gasteiger partial charge is 0.478 e. The van der Waals surface area contributed by atoms with Crippen molar-refractivity contribution in [2.24, 2.45) is 5.10 Å². The van der Waals surface area contributed by atoms with Gasteiger partial charge in [-0.15, -0.1) is 0 Å². The zero-order valence-corrected chi connectivity index (χ0v) is 13.3. The van der Waals surface area contributed by atoms with Crippen molar-refractivity contribution in [1.29, 1.82) is 0 Å². The lowest BCUT2D eigenvalue weighted by Gasteiger charge is -2.00. The second-order valence-electron chi connectivity index (χ2n) is 5.27. The molecule has 0 aliphatic rings. The summed E-state index contributed by atoms with van der Waals surface area (Å²) in [6.45, 7) is 0. The highest BCUT2D eigenvalue weighted by Gasteiger charge is 2.09. The van der Waals surface area contributed by atoms with Gasteiger partial charge in [-0.05, 0) is 30.3 Å². The number of aromatic carboxylic acids is 1. The third kappa shape index (κ3) is 3.93. The molecule has 2 aromatic carbocycles. The predicted octanol–water partition coefficient (Wildman–Crippen LogP) is 4.00. The molecular formula is C18H13N3O5. The van der Waals surface area contributed by atoms with Crippen LogP contribution in [0.2, 0.25) is 0 Å². The van der Waals surface area contributed by atoms with Gasteiger partial charge < -0.3 is 9.52 Å². The van der Waals surface area contributed by atoms with Gasteiger partial charge in [0.2, 0.25) is 0 Å². The molecule has 0 bridgehead atoms. The molecule has 0 saturated carbocycles. The number of carboxylic acid groups (broad SMARTS) is 1. The molecule has 3 rings (SSSR count). The lowest BCUT2D eigenvalue weighted by Crippen LogP contribution is -1.97. The van der Waals surface area contributed by atoms with Crippen molar-refractivity contribution < 1.29 is 19.2 Å². The Balaban J connectivity index is 1.71. The molecule has 0 amide bonds. The van der Waals surface area contributed by atoms with Crippen LogP contribution in [0.1, 0.15) is 16.1 Å². The average molecular weight is 351 g/mol. The first-order valence-corrected chi connectivity index (χ1v) is 7.50. The van der Waals surface area contributed by atoms with Gasteiger partial charge in [0, 0.05) is 17.7 Å². The number of hydrogen-bond donors (Lipinski definition) is 2. The van der Waals surface area contributed by atoms with Crippen LogP contribution >= 0.6 is 0 Å². The van der Waals surface area contributed by atoms with Gasteiger partial charge in [0.25, 0.3) is 5.69 Å². The molecule has 2 N–H and O–H groups in total. The first kappa shape index (κ1) is 16.9. The monoisotopic (exact) mass is 351 g/mol. The Morgan fingerprint density at radius 3 is 2.73 bits per heavy atom. The van der Waals surface area contributed by atoms with Gasteiger partial charge in [0.05, 0.1) is 22.4 Å². The highest BCUT2D eigenvalue weighted by atomic mass is 16.6. The summed E-state index contributed by atoms with van der Waals surface area (Å²) in [4.78, 5) is 21.3. The van der Waals surface area contributed by atoms with Crippen molar-refractivity contribution in [3.8, 4) is 11.3 Å². The van der Waals surface area contributed by atoms with E-state index in [9.17, 15) is 14.9 Å². The number of carboxylic acids is 1. The first-order chi connectivity index (χ1) is 12.5. The summed E-state index contributed by atoms with van der Waals surface area (Å²) >= 11 is 0. The van der Waals surface area contributed by atoms with Gasteiger partial charge in [-0.25, -0.2) is 4.79 Å². The maximum Gasteiger partial charge on any atom is 0.335 e. The van der Waals surface area contributed by atoms with Crippen LogP contribution in [0.4, 0.5) is 11.4 Å². The standard InChI is InChI=1S/C18H13N3O5/c22-18(23)13-4-1-5-14(9-13)20-19-11-16-7-8-17(26-16)12-3-2-6-15(10-12)21(24)25/h1-11,20H,(H,22,23)/b19-11+. The first-order valence-electron chi connectivity index (χ1n) is 7.50. The molecule has 130 valence electrons. The predicted molar refractivity (Wildman–Crippen MR) is 95.4 cm³/mol. The number of non-ortho nitro benzene ring substituents is 1. The van der Waals surface area contributed by atoms with Crippen LogP contribution in [0, 0.1) is 10.1 Å². The number of nitrogens with one attached hydrogen (secondary N) is 1. The summed E-state index contributed by atoms with van der Waals surface area (Å²) in [5.41, 5.74) is 3.95. The van der Waals surface area contributed by atoms with Crippen LogP contribution in [-0.4, -0.2) is 22.2 Å². The van der Waals surface area contributed by atoms with Crippen molar-refractivity contribution in [1.82, 2.24) is 0 Å². The van der Waals surface area contributed by atoms with Crippen molar-refractivity contribution in [2.75, 3.05) is 5.43 Å². The second kappa shape index (κ2) is 7.31. The third-order valence-corrected chi connectivity index (χ3v) is 3.46. The molecule has 8 nitrogen and oxygen atoms in total.